The van der Waals surface area contributed by atoms with Crippen LogP contribution in [0.15, 0.2) is 152 Å². The summed E-state index contributed by atoms with van der Waals surface area (Å²) in [6, 6.07) is 13.7. The summed E-state index contributed by atoms with van der Waals surface area (Å²) in [6.45, 7) is 3.81. The summed E-state index contributed by atoms with van der Waals surface area (Å²) in [6.07, 6.45) is -2.67. The Labute approximate surface area is 791 Å². The van der Waals surface area contributed by atoms with E-state index < -0.39 is 258 Å². The first-order chi connectivity index (χ1) is 65.3. The lowest BCUT2D eigenvalue weighted by Crippen LogP contribution is -2.62. The number of hydrogen-bond acceptors (Lipinski definition) is 20. The van der Waals surface area contributed by atoms with Gasteiger partial charge in [0.05, 0.1) is 18.7 Å². The van der Waals surface area contributed by atoms with E-state index in [0.29, 0.717) is 63.5 Å². The van der Waals surface area contributed by atoms with Gasteiger partial charge in [-0.25, -0.2) is 13.2 Å². The summed E-state index contributed by atoms with van der Waals surface area (Å²) < 4.78 is 45.1. The summed E-state index contributed by atoms with van der Waals surface area (Å²) in [5.41, 5.74) is 7.64. The zero-order chi connectivity index (χ0) is 99.6. The third kappa shape index (κ3) is 28.8. The monoisotopic (exact) mass is 1920 g/mol. The number of aromatic amines is 1. The van der Waals surface area contributed by atoms with E-state index in [0.717, 1.165) is 14.7 Å². The predicted molar refractivity (Wildman–Crippen MR) is 494 cm³/mol. The van der Waals surface area contributed by atoms with E-state index in [1.165, 1.54) is 79.5 Å². The Bertz CT molecular complexity index is 5530. The second-order valence-electron chi connectivity index (χ2n) is 34.6. The van der Waals surface area contributed by atoms with Crippen LogP contribution in [0.4, 0.5) is 13.2 Å². The Kier molecular flexibility index (Phi) is 37.6. The number of carbonyl (C=O) groups excluding carboxylic acids is 15. The molecule has 0 bridgehead atoms. The molecule has 7 aromatic rings. The molecule has 3 saturated heterocycles. The standard InChI is InChI=1S/C96H115F3N16O21S/c1-7-8-25-75-95(135)115-39-18-27-74(115)90(130)107-69(48-81(122)123)88(128)110-83(53(2)3)96(136)112(5)76(45-54-19-11-9-12-20-54)91(131)108-71(43-57-30-34-61(117)35-31-57)93(133)114-38-17-26-73(114)89(129)106-68(47-59-49-101-65-24-16-15-23-62(59)65)87(127)105-67(42-56-28-32-60(116)33-29-56)86(126)104-66(36-37-80(120)121)85(125)109-72(84(124)102-50-78(100)118)51-137-52-79(119)103-70(44-58-40-63(97)82(99)64(98)41-58)92(132)113(6)77(94(134)111(75)4)46-55-21-13-10-14-22-55/h9-16,19-24,28-35,40-41,49,53,66-77,83,101,116-117H,7-8,17-18,25-27,36-39,42-48,50-52H2,1-6H3,(H2,100,118)(H,102,124)(H,103,119)(H,104,126)(H,105,127)(H,106,129)(H,107,130)(H,108,131)(H,109,125)(H,110,128)(H,120,121)(H,122,123)/t66-,67-,68-,69-,70-,71-,72-,73+,74+,75-,76-,77?,83-/m0/s1. The molecule has 137 heavy (non-hydrogen) atoms. The van der Waals surface area contributed by atoms with E-state index in [9.17, 15) is 63.2 Å². The number of primary amides is 1. The van der Waals surface area contributed by atoms with Crippen molar-refractivity contribution in [2.75, 3.05) is 52.3 Å². The quantitative estimate of drug-likeness (QED) is 0.0387. The number of hydrogen-bond donors (Lipinski definition) is 15. The number of nitrogens with one attached hydrogen (secondary N) is 10. The zero-order valence-corrected chi connectivity index (χ0v) is 77.3. The van der Waals surface area contributed by atoms with Crippen molar-refractivity contribution in [3.8, 4) is 11.5 Å². The van der Waals surface area contributed by atoms with Gasteiger partial charge in [-0.3, -0.25) is 81.5 Å². The molecular weight excluding hydrogens is 1800 g/mol. The molecule has 4 heterocycles. The number of carboxylic acid groups (broad SMARTS) is 2. The number of unbranched alkanes of at least 4 members (excludes halogenated alkanes) is 1. The van der Waals surface area contributed by atoms with Gasteiger partial charge in [0.2, 0.25) is 88.6 Å². The van der Waals surface area contributed by atoms with Crippen molar-refractivity contribution in [3.05, 3.63) is 203 Å². The maximum absolute atomic E-state index is 15.8. The van der Waals surface area contributed by atoms with Gasteiger partial charge in [-0.2, -0.15) is 0 Å². The average Bonchev–Trinajstić information content (AvgIpc) is 1.76. The molecule has 13 atom stereocenters. The average molecular weight is 1920 g/mol. The first kappa shape index (κ1) is 105. The molecule has 37 nitrogen and oxygen atoms in total. The van der Waals surface area contributed by atoms with Crippen LogP contribution in [0, 0.1) is 23.4 Å². The van der Waals surface area contributed by atoms with Gasteiger partial charge >= 0.3 is 11.9 Å². The highest BCUT2D eigenvalue weighted by Crippen LogP contribution is 2.29. The summed E-state index contributed by atoms with van der Waals surface area (Å²) in [5, 5.41) is 65.1. The van der Waals surface area contributed by atoms with E-state index in [1.54, 1.807) is 112 Å². The number of likely N-dealkylation sites (N-methyl/N-ethyl adjacent to an activating group) is 3. The normalized spacial score (nSPS) is 23.2. The van der Waals surface area contributed by atoms with Crippen molar-refractivity contribution in [2.45, 2.75) is 202 Å². The molecule has 3 aliphatic heterocycles. The van der Waals surface area contributed by atoms with Crippen LogP contribution in [-0.4, -0.2) is 281 Å². The molecule has 0 spiro atoms. The number of fused-ring (bicyclic) bond motifs is 3. The fourth-order valence-corrected chi connectivity index (χ4v) is 17.7. The van der Waals surface area contributed by atoms with Crippen molar-refractivity contribution >= 4 is 123 Å². The summed E-state index contributed by atoms with van der Waals surface area (Å²) in [4.78, 5) is 259. The van der Waals surface area contributed by atoms with Crippen molar-refractivity contribution in [1.29, 1.82) is 0 Å². The first-order valence-electron chi connectivity index (χ1n) is 45.0. The molecule has 1 unspecified atom stereocenters. The van der Waals surface area contributed by atoms with Crippen molar-refractivity contribution in [3.63, 3.8) is 0 Å². The first-order valence-corrected chi connectivity index (χ1v) is 46.2. The molecule has 6 aromatic carbocycles. The van der Waals surface area contributed by atoms with Crippen LogP contribution in [0.1, 0.15) is 118 Å². The minimum atomic E-state index is -1.96. The number of aliphatic carboxylic acids is 2. The number of carboxylic acids is 2. The fraction of sp³-hybridized carbons (Fsp3) is 0.427. The summed E-state index contributed by atoms with van der Waals surface area (Å²) in [7, 11) is 3.71. The number of halogens is 3. The SMILES string of the molecule is CCCC[C@H]1C(=O)N2CCC[C@@H]2C(=O)N[C@@H](CC(=O)O)C(=O)N[C@@H](C(C)C)C(=O)N(C)[C@@H](Cc2ccccc2)C(=O)N[C@@H](Cc2ccc(O)cc2)C(=O)N2CCC[C@@H]2C(=O)N[C@@H](Cc2c[nH]c3ccccc23)C(=O)N[C@@H](Cc2ccc(O)cc2)C(=O)N[C@@H](CCC(=O)O)C(=O)N[C@H](C(=O)NCC(N)=O)CSCC(=O)N[C@@H](Cc2cc(F)c(F)c(F)c2)C(=O)N(C)C(Cc2ccccc2)C(=O)N1C. The number of H-pyrrole nitrogens is 1. The minimum Gasteiger partial charge on any atom is -0.508 e. The fourth-order valence-electron chi connectivity index (χ4n) is 16.8. The van der Waals surface area contributed by atoms with Crippen LogP contribution in [0.25, 0.3) is 10.9 Å². The Morgan fingerprint density at radius 3 is 1.52 bits per heavy atom. The van der Waals surface area contributed by atoms with Gasteiger partial charge in [-0.1, -0.05) is 137 Å². The van der Waals surface area contributed by atoms with E-state index in [2.05, 4.69) is 52.8 Å². The number of carbonyl (C=O) groups is 17. The second-order valence-corrected chi connectivity index (χ2v) is 35.7. The Hall–Kier alpha value is -14.4. The van der Waals surface area contributed by atoms with Crippen molar-refractivity contribution in [1.82, 2.24) is 77.3 Å². The number of aromatic hydroxyl groups is 2. The van der Waals surface area contributed by atoms with Crippen LogP contribution in [0.3, 0.4) is 0 Å². The lowest BCUT2D eigenvalue weighted by atomic mass is 9.98. The Morgan fingerprint density at radius 2 is 0.956 bits per heavy atom. The number of benzene rings is 6. The van der Waals surface area contributed by atoms with E-state index in [4.69, 9.17) is 5.73 Å². The Balaban J connectivity index is 1.06. The summed E-state index contributed by atoms with van der Waals surface area (Å²) in [5.74, 6) is -26.4. The molecule has 0 saturated carbocycles. The molecule has 16 N–H and O–H groups in total. The number of nitrogens with zero attached hydrogens (tertiary/aromatic N) is 5. The van der Waals surface area contributed by atoms with Gasteiger partial charge < -0.3 is 103 Å². The molecule has 0 radical (unpaired) electrons. The van der Waals surface area contributed by atoms with Crippen LogP contribution >= 0.6 is 11.8 Å². The molecule has 15 amide bonds. The van der Waals surface area contributed by atoms with Crippen LogP contribution < -0.4 is 53.6 Å². The third-order valence-corrected chi connectivity index (χ3v) is 25.4. The third-order valence-electron chi connectivity index (χ3n) is 24.3. The number of phenols is 2. The second kappa shape index (κ2) is 49.2. The van der Waals surface area contributed by atoms with Crippen LogP contribution in [0.2, 0.25) is 0 Å². The molecule has 1 aromatic heterocycles. The van der Waals surface area contributed by atoms with E-state index >= 15 is 51.9 Å². The molecule has 0 aliphatic carbocycles. The lowest BCUT2D eigenvalue weighted by Gasteiger charge is -2.38. The van der Waals surface area contributed by atoms with Gasteiger partial charge in [0, 0.05) is 102 Å². The maximum atomic E-state index is 15.8. The number of amides is 15. The zero-order valence-electron chi connectivity index (χ0n) is 76.5. The largest absolute Gasteiger partial charge is 0.508 e. The van der Waals surface area contributed by atoms with Gasteiger partial charge in [-0.05, 0) is 120 Å². The number of thioether (sulfide) groups is 1. The highest BCUT2D eigenvalue weighted by molar-refractivity contribution is 8.00. The molecule has 3 fully saturated rings. The number of rotatable bonds is 24. The lowest BCUT2D eigenvalue weighted by molar-refractivity contribution is -0.152. The Morgan fingerprint density at radius 1 is 0.482 bits per heavy atom. The van der Waals surface area contributed by atoms with Gasteiger partial charge in [-0.15, -0.1) is 11.8 Å². The number of aromatic nitrogens is 1. The minimum absolute atomic E-state index is 0.0377. The van der Waals surface area contributed by atoms with Gasteiger partial charge in [0.1, 0.15) is 90.0 Å². The van der Waals surface area contributed by atoms with Crippen molar-refractivity contribution in [2.24, 2.45) is 11.7 Å². The molecule has 10 rings (SSSR count). The highest BCUT2D eigenvalue weighted by Gasteiger charge is 2.47. The molecule has 3 aliphatic rings. The number of nitrogens with two attached hydrogens (primary N) is 1. The smallest absolute Gasteiger partial charge is 0.305 e. The topological polar surface area (TPSA) is 537 Å². The van der Waals surface area contributed by atoms with Gasteiger partial charge in [0.15, 0.2) is 17.5 Å². The molecule has 732 valence electrons. The van der Waals surface area contributed by atoms with E-state index in [1.807, 2.05) is 0 Å². The number of phenolic OH excluding ortho intramolecular Hbond substituents is 2. The van der Waals surface area contributed by atoms with Crippen LogP contribution in [-0.2, 0) is 120 Å². The van der Waals surface area contributed by atoms with Crippen LogP contribution in [0.5, 0.6) is 11.5 Å². The predicted octanol–water partition coefficient (Wildman–Crippen LogP) is 2.63. The maximum Gasteiger partial charge on any atom is 0.305 e. The summed E-state index contributed by atoms with van der Waals surface area (Å²) >= 11 is 0.588. The highest BCUT2D eigenvalue weighted by atomic mass is 32.2. The molecule has 41 heteroatoms. The molecular formula is C96H115F3N16O21S. The van der Waals surface area contributed by atoms with E-state index in [-0.39, 0.29) is 94.4 Å². The van der Waals surface area contributed by atoms with Crippen molar-refractivity contribution < 1.29 is 115 Å². The van der Waals surface area contributed by atoms with Gasteiger partial charge in [0.25, 0.3) is 0 Å². The number of para-hydroxylation sites is 1.